The summed E-state index contributed by atoms with van der Waals surface area (Å²) in [5.74, 6) is 0. The standard InChI is InChI=1S/C18H28N2/c1-3-18(4-2)11-12-20(13-18)16-10-9-14-7-5-6-8-15(14)17(16)19/h5-8,16-17H,3-4,9-13,19H2,1-2H3. The van der Waals surface area contributed by atoms with E-state index in [1.54, 1.807) is 0 Å². The van der Waals surface area contributed by atoms with Crippen LogP contribution in [0.25, 0.3) is 0 Å². The van der Waals surface area contributed by atoms with Crippen molar-refractivity contribution in [1.29, 1.82) is 0 Å². The molecule has 2 nitrogen and oxygen atoms in total. The van der Waals surface area contributed by atoms with Gasteiger partial charge in [0.25, 0.3) is 0 Å². The molecule has 2 aliphatic rings. The van der Waals surface area contributed by atoms with Crippen molar-refractivity contribution in [2.45, 2.75) is 58.0 Å². The fourth-order valence-electron chi connectivity index (χ4n) is 4.27. The second-order valence-electron chi connectivity index (χ2n) is 6.76. The maximum Gasteiger partial charge on any atom is 0.0455 e. The van der Waals surface area contributed by atoms with E-state index in [1.165, 1.54) is 56.3 Å². The van der Waals surface area contributed by atoms with Crippen molar-refractivity contribution in [1.82, 2.24) is 4.90 Å². The zero-order valence-electron chi connectivity index (χ0n) is 12.9. The summed E-state index contributed by atoms with van der Waals surface area (Å²) in [5.41, 5.74) is 10.0. The molecule has 1 aromatic carbocycles. The van der Waals surface area contributed by atoms with Crippen LogP contribution in [0.3, 0.4) is 0 Å². The molecule has 0 saturated carbocycles. The van der Waals surface area contributed by atoms with Gasteiger partial charge < -0.3 is 5.73 Å². The molecular formula is C18H28N2. The van der Waals surface area contributed by atoms with E-state index in [9.17, 15) is 0 Å². The van der Waals surface area contributed by atoms with Gasteiger partial charge in [0.2, 0.25) is 0 Å². The summed E-state index contributed by atoms with van der Waals surface area (Å²) in [7, 11) is 0. The van der Waals surface area contributed by atoms with E-state index < -0.39 is 0 Å². The third-order valence-electron chi connectivity index (χ3n) is 5.98. The van der Waals surface area contributed by atoms with Gasteiger partial charge in [-0.3, -0.25) is 4.90 Å². The first-order valence-corrected chi connectivity index (χ1v) is 8.26. The van der Waals surface area contributed by atoms with E-state index in [4.69, 9.17) is 5.73 Å². The summed E-state index contributed by atoms with van der Waals surface area (Å²) in [6.45, 7) is 7.19. The number of likely N-dealkylation sites (tertiary alicyclic amines) is 1. The lowest BCUT2D eigenvalue weighted by molar-refractivity contribution is 0.160. The SMILES string of the molecule is CCC1(CC)CCN(C2CCc3ccccc3C2N)C1. The number of aryl methyl sites for hydroxylation is 1. The molecule has 1 heterocycles. The van der Waals surface area contributed by atoms with Crippen LogP contribution >= 0.6 is 0 Å². The molecule has 3 rings (SSSR count). The Hall–Kier alpha value is -0.860. The molecule has 0 radical (unpaired) electrons. The van der Waals surface area contributed by atoms with Crippen LogP contribution in [0.1, 0.15) is 56.7 Å². The highest BCUT2D eigenvalue weighted by Gasteiger charge is 2.40. The van der Waals surface area contributed by atoms with Gasteiger partial charge in [0.05, 0.1) is 0 Å². The van der Waals surface area contributed by atoms with Crippen LogP contribution < -0.4 is 5.73 Å². The highest BCUT2D eigenvalue weighted by atomic mass is 15.2. The molecule has 0 spiro atoms. The minimum absolute atomic E-state index is 0.199. The van der Waals surface area contributed by atoms with Crippen molar-refractivity contribution in [2.24, 2.45) is 11.1 Å². The molecule has 110 valence electrons. The molecule has 2 atom stereocenters. The first-order chi connectivity index (χ1) is 9.69. The van der Waals surface area contributed by atoms with Crippen molar-refractivity contribution in [3.8, 4) is 0 Å². The maximum absolute atomic E-state index is 6.60. The average molecular weight is 272 g/mol. The first-order valence-electron chi connectivity index (χ1n) is 8.26. The third kappa shape index (κ3) is 2.29. The molecule has 1 aliphatic heterocycles. The van der Waals surface area contributed by atoms with Crippen molar-refractivity contribution >= 4 is 0 Å². The van der Waals surface area contributed by atoms with Gasteiger partial charge in [0.1, 0.15) is 0 Å². The third-order valence-corrected chi connectivity index (χ3v) is 5.98. The highest BCUT2D eigenvalue weighted by molar-refractivity contribution is 5.33. The minimum atomic E-state index is 0.199. The Bertz CT molecular complexity index is 464. The van der Waals surface area contributed by atoms with E-state index in [1.807, 2.05) is 0 Å². The molecule has 0 amide bonds. The quantitative estimate of drug-likeness (QED) is 0.912. The topological polar surface area (TPSA) is 29.3 Å². The number of nitrogens with two attached hydrogens (primary N) is 1. The Labute approximate surface area is 123 Å². The zero-order chi connectivity index (χ0) is 14.2. The molecule has 0 bridgehead atoms. The Morgan fingerprint density at radius 2 is 2.00 bits per heavy atom. The van der Waals surface area contributed by atoms with Crippen molar-refractivity contribution in [3.63, 3.8) is 0 Å². The molecule has 1 fully saturated rings. The van der Waals surface area contributed by atoms with Crippen LogP contribution in [-0.2, 0) is 6.42 Å². The average Bonchev–Trinajstić information content (AvgIpc) is 2.93. The summed E-state index contributed by atoms with van der Waals surface area (Å²) in [4.78, 5) is 2.69. The van der Waals surface area contributed by atoms with E-state index in [0.29, 0.717) is 11.5 Å². The van der Waals surface area contributed by atoms with Gasteiger partial charge in [-0.25, -0.2) is 0 Å². The number of hydrogen-bond donors (Lipinski definition) is 1. The van der Waals surface area contributed by atoms with Crippen LogP contribution in [0, 0.1) is 5.41 Å². The Morgan fingerprint density at radius 3 is 2.70 bits per heavy atom. The molecule has 1 aliphatic carbocycles. The van der Waals surface area contributed by atoms with Crippen LogP contribution in [-0.4, -0.2) is 24.0 Å². The monoisotopic (exact) mass is 272 g/mol. The maximum atomic E-state index is 6.60. The lowest BCUT2D eigenvalue weighted by Gasteiger charge is -2.38. The van der Waals surface area contributed by atoms with E-state index in [0.717, 1.165) is 0 Å². The normalized spacial score (nSPS) is 29.4. The lowest BCUT2D eigenvalue weighted by Crippen LogP contribution is -2.45. The zero-order valence-corrected chi connectivity index (χ0v) is 12.9. The van der Waals surface area contributed by atoms with Gasteiger partial charge >= 0.3 is 0 Å². The molecular weight excluding hydrogens is 244 g/mol. The Morgan fingerprint density at radius 1 is 1.25 bits per heavy atom. The highest BCUT2D eigenvalue weighted by Crippen LogP contribution is 2.41. The number of nitrogens with zero attached hydrogens (tertiary/aromatic N) is 1. The summed E-state index contributed by atoms with van der Waals surface area (Å²) in [6, 6.07) is 9.50. The van der Waals surface area contributed by atoms with E-state index in [-0.39, 0.29) is 6.04 Å². The van der Waals surface area contributed by atoms with Crippen molar-refractivity contribution < 1.29 is 0 Å². The van der Waals surface area contributed by atoms with Crippen LogP contribution in [0.4, 0.5) is 0 Å². The van der Waals surface area contributed by atoms with Gasteiger partial charge in [0, 0.05) is 18.6 Å². The summed E-state index contributed by atoms with van der Waals surface area (Å²) in [5, 5.41) is 0. The number of fused-ring (bicyclic) bond motifs is 1. The molecule has 1 aromatic rings. The molecule has 2 heteroatoms. The van der Waals surface area contributed by atoms with Crippen LogP contribution in [0.2, 0.25) is 0 Å². The fourth-order valence-corrected chi connectivity index (χ4v) is 4.27. The summed E-state index contributed by atoms with van der Waals surface area (Å²) >= 11 is 0. The first kappa shape index (κ1) is 14.1. The molecule has 0 aromatic heterocycles. The molecule has 1 saturated heterocycles. The van der Waals surface area contributed by atoms with Gasteiger partial charge in [-0.15, -0.1) is 0 Å². The molecule has 2 unspecified atom stereocenters. The van der Waals surface area contributed by atoms with Crippen molar-refractivity contribution in [2.75, 3.05) is 13.1 Å². The minimum Gasteiger partial charge on any atom is -0.323 e. The van der Waals surface area contributed by atoms with Crippen LogP contribution in [0.5, 0.6) is 0 Å². The number of hydrogen-bond acceptors (Lipinski definition) is 2. The Balaban J connectivity index is 1.77. The Kier molecular flexibility index (Phi) is 3.87. The summed E-state index contributed by atoms with van der Waals surface area (Å²) in [6.07, 6.45) is 6.37. The van der Waals surface area contributed by atoms with Gasteiger partial charge in [-0.2, -0.15) is 0 Å². The van der Waals surface area contributed by atoms with Gasteiger partial charge in [-0.1, -0.05) is 38.1 Å². The van der Waals surface area contributed by atoms with Gasteiger partial charge in [0.15, 0.2) is 0 Å². The molecule has 2 N–H and O–H groups in total. The smallest absolute Gasteiger partial charge is 0.0455 e. The second kappa shape index (κ2) is 5.50. The largest absolute Gasteiger partial charge is 0.323 e. The second-order valence-corrected chi connectivity index (χ2v) is 6.76. The van der Waals surface area contributed by atoms with Crippen LogP contribution in [0.15, 0.2) is 24.3 Å². The van der Waals surface area contributed by atoms with E-state index in [2.05, 4.69) is 43.0 Å². The lowest BCUT2D eigenvalue weighted by atomic mass is 9.81. The predicted molar refractivity (Wildman–Crippen MR) is 84.7 cm³/mol. The summed E-state index contributed by atoms with van der Waals surface area (Å²) < 4.78 is 0. The number of rotatable bonds is 3. The van der Waals surface area contributed by atoms with E-state index >= 15 is 0 Å². The number of benzene rings is 1. The predicted octanol–water partition coefficient (Wildman–Crippen LogP) is 3.51. The fraction of sp³-hybridized carbons (Fsp3) is 0.667. The van der Waals surface area contributed by atoms with Gasteiger partial charge in [-0.05, 0) is 55.2 Å². The molecule has 20 heavy (non-hydrogen) atoms. The van der Waals surface area contributed by atoms with Crippen molar-refractivity contribution in [3.05, 3.63) is 35.4 Å².